The van der Waals surface area contributed by atoms with Gasteiger partial charge in [0.25, 0.3) is 5.56 Å². The van der Waals surface area contributed by atoms with Gasteiger partial charge in [0.15, 0.2) is 0 Å². The summed E-state index contributed by atoms with van der Waals surface area (Å²) < 4.78 is 1.58. The Morgan fingerprint density at radius 2 is 2.10 bits per heavy atom. The van der Waals surface area contributed by atoms with Crippen LogP contribution in [0.15, 0.2) is 11.0 Å². The zero-order chi connectivity index (χ0) is 15.0. The third kappa shape index (κ3) is 2.96. The minimum atomic E-state index is -0.0684. The molecule has 0 aliphatic heterocycles. The van der Waals surface area contributed by atoms with Gasteiger partial charge in [-0.3, -0.25) is 4.79 Å². The summed E-state index contributed by atoms with van der Waals surface area (Å²) in [6, 6.07) is 0.338. The smallest absolute Gasteiger partial charge is 0.291 e. The van der Waals surface area contributed by atoms with Crippen LogP contribution in [0, 0.1) is 17.8 Å². The molecule has 3 unspecified atom stereocenters. The molecular formula is C16H24ClN3O. The molecule has 0 bridgehead atoms. The summed E-state index contributed by atoms with van der Waals surface area (Å²) in [7, 11) is 0. The second kappa shape index (κ2) is 5.99. The van der Waals surface area contributed by atoms with Crippen LogP contribution in [0.5, 0.6) is 0 Å². The molecule has 2 fully saturated rings. The summed E-state index contributed by atoms with van der Waals surface area (Å²) in [6.07, 6.45) is 7.59. The normalized spacial score (nSPS) is 29.4. The zero-order valence-electron chi connectivity index (χ0n) is 12.8. The Balaban J connectivity index is 1.80. The molecule has 1 heterocycles. The number of nitrogens with one attached hydrogen (secondary N) is 1. The second-order valence-electron chi connectivity index (χ2n) is 6.82. The molecule has 0 radical (unpaired) electrons. The maximum absolute atomic E-state index is 12.6. The van der Waals surface area contributed by atoms with E-state index in [2.05, 4.69) is 24.3 Å². The van der Waals surface area contributed by atoms with Gasteiger partial charge in [0.05, 0.1) is 11.2 Å². The van der Waals surface area contributed by atoms with Crippen molar-refractivity contribution in [1.82, 2.24) is 9.78 Å². The summed E-state index contributed by atoms with van der Waals surface area (Å²) in [5.74, 6) is 1.86. The van der Waals surface area contributed by atoms with Crippen LogP contribution in [0.1, 0.15) is 46.0 Å². The lowest BCUT2D eigenvalue weighted by Gasteiger charge is -2.26. The molecule has 3 rings (SSSR count). The molecule has 0 amide bonds. The van der Waals surface area contributed by atoms with E-state index >= 15 is 0 Å². The highest BCUT2D eigenvalue weighted by atomic mass is 35.5. The molecule has 21 heavy (non-hydrogen) atoms. The van der Waals surface area contributed by atoms with Crippen molar-refractivity contribution >= 4 is 17.3 Å². The number of rotatable bonds is 4. The van der Waals surface area contributed by atoms with Crippen molar-refractivity contribution in [1.29, 1.82) is 0 Å². The predicted molar refractivity (Wildman–Crippen MR) is 85.8 cm³/mol. The number of anilines is 1. The third-order valence-electron chi connectivity index (χ3n) is 5.45. The molecule has 5 heteroatoms. The van der Waals surface area contributed by atoms with E-state index in [0.29, 0.717) is 34.5 Å². The van der Waals surface area contributed by atoms with Gasteiger partial charge < -0.3 is 5.32 Å². The highest BCUT2D eigenvalue weighted by Gasteiger charge is 2.31. The first-order chi connectivity index (χ1) is 10.1. The molecule has 4 nitrogen and oxygen atoms in total. The number of hydrogen-bond acceptors (Lipinski definition) is 3. The van der Waals surface area contributed by atoms with E-state index in [1.165, 1.54) is 25.7 Å². The average molecular weight is 310 g/mol. The maximum atomic E-state index is 12.6. The topological polar surface area (TPSA) is 46.9 Å². The Kier molecular flexibility index (Phi) is 4.25. The van der Waals surface area contributed by atoms with E-state index in [0.717, 1.165) is 13.0 Å². The van der Waals surface area contributed by atoms with Crippen molar-refractivity contribution in [3.63, 3.8) is 0 Å². The van der Waals surface area contributed by atoms with E-state index in [1.54, 1.807) is 10.9 Å². The second-order valence-corrected chi connectivity index (χ2v) is 7.22. The van der Waals surface area contributed by atoms with Gasteiger partial charge >= 0.3 is 0 Å². The minimum Gasteiger partial charge on any atom is -0.376 e. The van der Waals surface area contributed by atoms with Crippen molar-refractivity contribution in [2.45, 2.75) is 58.5 Å². The monoisotopic (exact) mass is 309 g/mol. The Morgan fingerprint density at radius 3 is 2.67 bits per heavy atom. The fourth-order valence-corrected chi connectivity index (χ4v) is 3.58. The Labute approximate surface area is 130 Å². The summed E-state index contributed by atoms with van der Waals surface area (Å²) in [6.45, 7) is 5.24. The van der Waals surface area contributed by atoms with Crippen molar-refractivity contribution < 1.29 is 0 Å². The number of nitrogens with zero attached hydrogens (tertiary/aromatic N) is 2. The summed E-state index contributed by atoms with van der Waals surface area (Å²) >= 11 is 6.21. The molecule has 1 N–H and O–H groups in total. The quantitative estimate of drug-likeness (QED) is 0.925. The van der Waals surface area contributed by atoms with Crippen molar-refractivity contribution in [2.75, 3.05) is 5.32 Å². The van der Waals surface area contributed by atoms with Gasteiger partial charge in [-0.2, -0.15) is 5.10 Å². The highest BCUT2D eigenvalue weighted by molar-refractivity contribution is 6.33. The van der Waals surface area contributed by atoms with Crippen LogP contribution in [0.2, 0.25) is 5.02 Å². The van der Waals surface area contributed by atoms with Gasteiger partial charge in [0, 0.05) is 12.6 Å². The molecule has 2 aliphatic carbocycles. The van der Waals surface area contributed by atoms with Gasteiger partial charge in [-0.05, 0) is 43.4 Å². The van der Waals surface area contributed by atoms with E-state index in [1.807, 2.05) is 0 Å². The molecule has 116 valence electrons. The first-order valence-electron chi connectivity index (χ1n) is 8.08. The minimum absolute atomic E-state index is 0.0684. The summed E-state index contributed by atoms with van der Waals surface area (Å²) in [4.78, 5) is 12.6. The van der Waals surface area contributed by atoms with Crippen LogP contribution in [0.4, 0.5) is 5.69 Å². The zero-order valence-corrected chi connectivity index (χ0v) is 13.6. The van der Waals surface area contributed by atoms with Crippen LogP contribution >= 0.6 is 11.6 Å². The molecule has 2 aliphatic rings. The van der Waals surface area contributed by atoms with Crippen LogP contribution < -0.4 is 10.9 Å². The average Bonchev–Trinajstić information content (AvgIpc) is 2.72. The number of hydrogen-bond donors (Lipinski definition) is 1. The molecule has 0 aromatic carbocycles. The van der Waals surface area contributed by atoms with E-state index < -0.39 is 0 Å². The molecule has 1 aromatic rings. The first-order valence-corrected chi connectivity index (χ1v) is 8.46. The number of aromatic nitrogens is 2. The van der Waals surface area contributed by atoms with Crippen molar-refractivity contribution in [3.05, 3.63) is 21.6 Å². The van der Waals surface area contributed by atoms with Crippen molar-refractivity contribution in [3.8, 4) is 0 Å². The van der Waals surface area contributed by atoms with Gasteiger partial charge in [-0.15, -0.1) is 0 Å². The van der Waals surface area contributed by atoms with Gasteiger partial charge in [-0.25, -0.2) is 4.68 Å². The SMILES string of the molecule is CC1CCC(Nc2c(Cl)cnn(CC3CCC3)c2=O)C1C. The maximum Gasteiger partial charge on any atom is 0.291 e. The molecule has 2 saturated carbocycles. The molecule has 0 spiro atoms. The van der Waals surface area contributed by atoms with Crippen molar-refractivity contribution in [2.24, 2.45) is 17.8 Å². The fourth-order valence-electron chi connectivity index (χ4n) is 3.40. The Hall–Kier alpha value is -1.03. The summed E-state index contributed by atoms with van der Waals surface area (Å²) in [5, 5.41) is 8.04. The van der Waals surface area contributed by atoms with Gasteiger partial charge in [0.2, 0.25) is 0 Å². The predicted octanol–water partition coefficient (Wildman–Crippen LogP) is 3.54. The van der Waals surface area contributed by atoms with E-state index in [-0.39, 0.29) is 5.56 Å². The van der Waals surface area contributed by atoms with Crippen LogP contribution in [0.3, 0.4) is 0 Å². The molecule has 3 atom stereocenters. The largest absolute Gasteiger partial charge is 0.376 e. The Morgan fingerprint density at radius 1 is 1.33 bits per heavy atom. The van der Waals surface area contributed by atoms with Crippen LogP contribution in [-0.2, 0) is 6.54 Å². The fraction of sp³-hybridized carbons (Fsp3) is 0.750. The van der Waals surface area contributed by atoms with E-state index in [4.69, 9.17) is 11.6 Å². The first kappa shape index (κ1) is 14.9. The lowest BCUT2D eigenvalue weighted by atomic mass is 9.85. The van der Waals surface area contributed by atoms with Crippen LogP contribution in [-0.4, -0.2) is 15.8 Å². The molecule has 0 saturated heterocycles. The number of halogens is 1. The Bertz CT molecular complexity index is 567. The van der Waals surface area contributed by atoms with Gasteiger partial charge in [-0.1, -0.05) is 31.9 Å². The lowest BCUT2D eigenvalue weighted by Crippen LogP contribution is -2.34. The van der Waals surface area contributed by atoms with E-state index in [9.17, 15) is 4.79 Å². The standard InChI is InChI=1S/C16H24ClN3O/c1-10-6-7-14(11(10)2)19-15-13(17)8-18-20(16(15)21)9-12-4-3-5-12/h8,10-12,14,19H,3-7,9H2,1-2H3. The van der Waals surface area contributed by atoms with Crippen LogP contribution in [0.25, 0.3) is 0 Å². The molecule has 1 aromatic heterocycles. The molecular weight excluding hydrogens is 286 g/mol. The van der Waals surface area contributed by atoms with Gasteiger partial charge in [0.1, 0.15) is 5.69 Å². The third-order valence-corrected chi connectivity index (χ3v) is 5.74. The summed E-state index contributed by atoms with van der Waals surface area (Å²) in [5.41, 5.74) is 0.470. The lowest BCUT2D eigenvalue weighted by molar-refractivity contribution is 0.262. The highest BCUT2D eigenvalue weighted by Crippen LogP contribution is 2.34.